The van der Waals surface area contributed by atoms with Crippen molar-refractivity contribution in [2.75, 3.05) is 13.6 Å². The van der Waals surface area contributed by atoms with Crippen LogP contribution < -0.4 is 0 Å². The highest BCUT2D eigenvalue weighted by Crippen LogP contribution is 2.03. The third kappa shape index (κ3) is 2.63. The Morgan fingerprint density at radius 2 is 2.45 bits per heavy atom. The molecular formula is C7H12BrN3. The Morgan fingerprint density at radius 3 is 2.91 bits per heavy atom. The fourth-order valence-electron chi connectivity index (χ4n) is 0.763. The number of rotatable bonds is 3. The molecule has 4 heteroatoms. The highest BCUT2D eigenvalue weighted by Gasteiger charge is 1.97. The lowest BCUT2D eigenvalue weighted by Crippen LogP contribution is -2.21. The van der Waals surface area contributed by atoms with Crippen LogP contribution >= 0.6 is 15.9 Å². The summed E-state index contributed by atoms with van der Waals surface area (Å²) in [7, 11) is 2.07. The first-order valence-electron chi connectivity index (χ1n) is 3.60. The van der Waals surface area contributed by atoms with E-state index >= 15 is 0 Å². The van der Waals surface area contributed by atoms with Crippen molar-refractivity contribution in [3.63, 3.8) is 0 Å². The summed E-state index contributed by atoms with van der Waals surface area (Å²) in [5.74, 6) is 0. The molecule has 1 heterocycles. The summed E-state index contributed by atoms with van der Waals surface area (Å²) >= 11 is 3.29. The van der Waals surface area contributed by atoms with Gasteiger partial charge in [-0.2, -0.15) is 5.10 Å². The molecule has 3 nitrogen and oxygen atoms in total. The van der Waals surface area contributed by atoms with E-state index in [0.717, 1.165) is 17.8 Å². The minimum Gasteiger partial charge on any atom is -0.288 e. The summed E-state index contributed by atoms with van der Waals surface area (Å²) in [6, 6.07) is 1.93. The van der Waals surface area contributed by atoms with Crippen molar-refractivity contribution >= 4 is 15.9 Å². The molecule has 1 rings (SSSR count). The SMILES string of the molecule is CCN(C)Cn1ccc(Br)n1. The summed E-state index contributed by atoms with van der Waals surface area (Å²) < 4.78 is 2.79. The van der Waals surface area contributed by atoms with E-state index < -0.39 is 0 Å². The largest absolute Gasteiger partial charge is 0.288 e. The molecule has 0 aliphatic rings. The number of hydrogen-bond donors (Lipinski definition) is 0. The zero-order valence-electron chi connectivity index (χ0n) is 6.79. The zero-order valence-corrected chi connectivity index (χ0v) is 8.37. The lowest BCUT2D eigenvalue weighted by atomic mass is 10.6. The first-order valence-corrected chi connectivity index (χ1v) is 4.39. The van der Waals surface area contributed by atoms with Crippen molar-refractivity contribution in [2.45, 2.75) is 13.6 Å². The maximum atomic E-state index is 4.19. The van der Waals surface area contributed by atoms with Gasteiger partial charge in [0, 0.05) is 6.20 Å². The molecule has 11 heavy (non-hydrogen) atoms. The van der Waals surface area contributed by atoms with Gasteiger partial charge in [-0.05, 0) is 35.6 Å². The average molecular weight is 218 g/mol. The molecule has 0 spiro atoms. The van der Waals surface area contributed by atoms with E-state index in [1.807, 2.05) is 16.9 Å². The monoisotopic (exact) mass is 217 g/mol. The van der Waals surface area contributed by atoms with Gasteiger partial charge < -0.3 is 0 Å². The van der Waals surface area contributed by atoms with Crippen LogP contribution in [-0.2, 0) is 6.67 Å². The summed E-state index contributed by atoms with van der Waals surface area (Å²) in [6.45, 7) is 4.01. The number of aromatic nitrogens is 2. The average Bonchev–Trinajstić information content (AvgIpc) is 2.35. The molecule has 0 saturated heterocycles. The standard InChI is InChI=1S/C7H12BrN3/c1-3-10(2)6-11-5-4-7(8)9-11/h4-5H,3,6H2,1-2H3. The van der Waals surface area contributed by atoms with Crippen molar-refractivity contribution in [2.24, 2.45) is 0 Å². The predicted octanol–water partition coefficient (Wildman–Crippen LogP) is 1.55. The lowest BCUT2D eigenvalue weighted by Gasteiger charge is -2.12. The zero-order chi connectivity index (χ0) is 8.27. The smallest absolute Gasteiger partial charge is 0.128 e. The van der Waals surface area contributed by atoms with Gasteiger partial charge in [-0.1, -0.05) is 6.92 Å². The minimum absolute atomic E-state index is 0.849. The van der Waals surface area contributed by atoms with Gasteiger partial charge in [0.15, 0.2) is 0 Å². The summed E-state index contributed by atoms with van der Waals surface area (Å²) in [5, 5.41) is 4.19. The minimum atomic E-state index is 0.849. The molecule has 0 atom stereocenters. The number of hydrogen-bond acceptors (Lipinski definition) is 2. The van der Waals surface area contributed by atoms with Gasteiger partial charge in [-0.25, -0.2) is 0 Å². The molecule has 0 radical (unpaired) electrons. The first-order chi connectivity index (χ1) is 5.22. The second-order valence-electron chi connectivity index (χ2n) is 2.49. The molecule has 1 aromatic heterocycles. The van der Waals surface area contributed by atoms with Crippen molar-refractivity contribution < 1.29 is 0 Å². The van der Waals surface area contributed by atoms with E-state index in [2.05, 4.69) is 39.9 Å². The van der Waals surface area contributed by atoms with Gasteiger partial charge in [0.1, 0.15) is 4.60 Å². The molecule has 0 amide bonds. The third-order valence-electron chi connectivity index (χ3n) is 1.53. The van der Waals surface area contributed by atoms with Crippen LogP contribution in [0.5, 0.6) is 0 Å². The van der Waals surface area contributed by atoms with E-state index in [1.54, 1.807) is 0 Å². The Bertz CT molecular complexity index is 221. The Kier molecular flexibility index (Phi) is 3.08. The van der Waals surface area contributed by atoms with Gasteiger partial charge >= 0.3 is 0 Å². The molecule has 0 aromatic carbocycles. The summed E-state index contributed by atoms with van der Waals surface area (Å²) in [6.07, 6.45) is 1.95. The molecule has 0 unspecified atom stereocenters. The predicted molar refractivity (Wildman–Crippen MR) is 48.2 cm³/mol. The van der Waals surface area contributed by atoms with Gasteiger partial charge in [-0.3, -0.25) is 9.58 Å². The Morgan fingerprint density at radius 1 is 1.73 bits per heavy atom. The van der Waals surface area contributed by atoms with Crippen molar-refractivity contribution in [1.82, 2.24) is 14.7 Å². The van der Waals surface area contributed by atoms with Crippen LogP contribution in [0.25, 0.3) is 0 Å². The molecule has 62 valence electrons. The fraction of sp³-hybridized carbons (Fsp3) is 0.571. The van der Waals surface area contributed by atoms with E-state index in [4.69, 9.17) is 0 Å². The van der Waals surface area contributed by atoms with Gasteiger partial charge in [-0.15, -0.1) is 0 Å². The molecule has 0 saturated carbocycles. The van der Waals surface area contributed by atoms with Crippen LogP contribution in [0.3, 0.4) is 0 Å². The molecule has 0 bridgehead atoms. The van der Waals surface area contributed by atoms with Crippen LogP contribution in [0, 0.1) is 0 Å². The topological polar surface area (TPSA) is 21.1 Å². The first kappa shape index (κ1) is 8.74. The number of nitrogens with zero attached hydrogens (tertiary/aromatic N) is 3. The molecule has 0 N–H and O–H groups in total. The highest BCUT2D eigenvalue weighted by molar-refractivity contribution is 9.10. The molecule has 0 aliphatic carbocycles. The molecule has 0 fully saturated rings. The highest BCUT2D eigenvalue weighted by atomic mass is 79.9. The summed E-state index contributed by atoms with van der Waals surface area (Å²) in [5.41, 5.74) is 0. The molecule has 1 aromatic rings. The van der Waals surface area contributed by atoms with E-state index in [-0.39, 0.29) is 0 Å². The Labute approximate surface area is 75.1 Å². The lowest BCUT2D eigenvalue weighted by molar-refractivity contribution is 0.266. The molecular weight excluding hydrogens is 206 g/mol. The van der Waals surface area contributed by atoms with Crippen molar-refractivity contribution in [3.8, 4) is 0 Å². The normalized spacial score (nSPS) is 10.9. The Balaban J connectivity index is 2.50. The van der Waals surface area contributed by atoms with E-state index in [1.165, 1.54) is 0 Å². The van der Waals surface area contributed by atoms with Gasteiger partial charge in [0.05, 0.1) is 6.67 Å². The van der Waals surface area contributed by atoms with Crippen molar-refractivity contribution in [3.05, 3.63) is 16.9 Å². The maximum absolute atomic E-state index is 4.19. The number of halogens is 1. The van der Waals surface area contributed by atoms with Crippen LogP contribution in [0.4, 0.5) is 0 Å². The van der Waals surface area contributed by atoms with Crippen LogP contribution in [0.15, 0.2) is 16.9 Å². The third-order valence-corrected chi connectivity index (χ3v) is 1.96. The maximum Gasteiger partial charge on any atom is 0.128 e. The second kappa shape index (κ2) is 3.88. The second-order valence-corrected chi connectivity index (χ2v) is 3.30. The van der Waals surface area contributed by atoms with Crippen molar-refractivity contribution in [1.29, 1.82) is 0 Å². The van der Waals surface area contributed by atoms with Gasteiger partial charge in [0.25, 0.3) is 0 Å². The fourth-order valence-corrected chi connectivity index (χ4v) is 1.08. The Hall–Kier alpha value is -0.350. The van der Waals surface area contributed by atoms with Gasteiger partial charge in [0.2, 0.25) is 0 Å². The summed E-state index contributed by atoms with van der Waals surface area (Å²) in [4.78, 5) is 2.18. The van der Waals surface area contributed by atoms with Crippen LogP contribution in [0.1, 0.15) is 6.92 Å². The molecule has 0 aliphatic heterocycles. The van der Waals surface area contributed by atoms with E-state index in [9.17, 15) is 0 Å². The van der Waals surface area contributed by atoms with E-state index in [0.29, 0.717) is 0 Å². The van der Waals surface area contributed by atoms with Crippen LogP contribution in [0.2, 0.25) is 0 Å². The van der Waals surface area contributed by atoms with Crippen LogP contribution in [-0.4, -0.2) is 28.3 Å². The quantitative estimate of drug-likeness (QED) is 0.767.